The Hall–Kier alpha value is -2.38. The molecule has 0 saturated heterocycles. The minimum atomic E-state index is -1.72. The Morgan fingerprint density at radius 1 is 0.737 bits per heavy atom. The third-order valence-corrected chi connectivity index (χ3v) is 2.14. The Kier molecular flexibility index (Phi) is 5.05. The van der Waals surface area contributed by atoms with Crippen molar-refractivity contribution in [3.63, 3.8) is 0 Å². The molecule has 0 fully saturated rings. The standard InChI is InChI=1S/C12H10BO5.H3N/c14-9-1-5-11(6-2-9)17-13(16)18-12-7-3-10(15)4-8-12;/h1-8,14-15H;1H3/q-1;/p+1. The summed E-state index contributed by atoms with van der Waals surface area (Å²) in [6.45, 7) is 0. The lowest BCUT2D eigenvalue weighted by Crippen LogP contribution is -2.43. The molecular weight excluding hydrogens is 249 g/mol. The highest BCUT2D eigenvalue weighted by Gasteiger charge is 2.06. The Morgan fingerprint density at radius 3 is 1.37 bits per heavy atom. The fourth-order valence-corrected chi connectivity index (χ4v) is 1.30. The van der Waals surface area contributed by atoms with Gasteiger partial charge in [-0.1, -0.05) is 0 Å². The van der Waals surface area contributed by atoms with Crippen LogP contribution in [0.3, 0.4) is 0 Å². The second kappa shape index (κ2) is 6.53. The third kappa shape index (κ3) is 4.42. The van der Waals surface area contributed by atoms with Crippen LogP contribution in [0.2, 0.25) is 0 Å². The summed E-state index contributed by atoms with van der Waals surface area (Å²) in [4.78, 5) is 0. The molecule has 0 aromatic heterocycles. The van der Waals surface area contributed by atoms with Crippen molar-refractivity contribution in [3.8, 4) is 23.0 Å². The van der Waals surface area contributed by atoms with E-state index in [0.29, 0.717) is 11.5 Å². The van der Waals surface area contributed by atoms with Crippen molar-refractivity contribution < 1.29 is 24.5 Å². The number of phenols is 2. The summed E-state index contributed by atoms with van der Waals surface area (Å²) in [6.07, 6.45) is 0. The highest BCUT2D eigenvalue weighted by atomic mass is 16.7. The van der Waals surface area contributed by atoms with Gasteiger partial charge >= 0.3 is 7.32 Å². The van der Waals surface area contributed by atoms with Crippen LogP contribution in [0.4, 0.5) is 0 Å². The SMILES string of the molecule is [NH4+].[O-]B(Oc1ccc(O)cc1)Oc1ccc(O)cc1. The van der Waals surface area contributed by atoms with Gasteiger partial charge in [-0.3, -0.25) is 0 Å². The quantitative estimate of drug-likeness (QED) is 0.718. The van der Waals surface area contributed by atoms with Crippen molar-refractivity contribution in [2.45, 2.75) is 0 Å². The van der Waals surface area contributed by atoms with Crippen molar-refractivity contribution >= 4 is 7.32 Å². The molecule has 2 aromatic carbocycles. The Labute approximate surface area is 110 Å². The van der Waals surface area contributed by atoms with Crippen LogP contribution in [-0.4, -0.2) is 17.5 Å². The first-order valence-electron chi connectivity index (χ1n) is 5.21. The zero-order chi connectivity index (χ0) is 13.0. The molecule has 19 heavy (non-hydrogen) atoms. The summed E-state index contributed by atoms with van der Waals surface area (Å²) < 4.78 is 9.90. The van der Waals surface area contributed by atoms with E-state index in [1.807, 2.05) is 0 Å². The molecule has 0 saturated carbocycles. The van der Waals surface area contributed by atoms with Gasteiger partial charge in [-0.2, -0.15) is 0 Å². The van der Waals surface area contributed by atoms with Crippen LogP contribution >= 0.6 is 0 Å². The lowest BCUT2D eigenvalue weighted by atomic mass is 10.2. The highest BCUT2D eigenvalue weighted by molar-refractivity contribution is 6.34. The molecule has 0 spiro atoms. The van der Waals surface area contributed by atoms with Crippen LogP contribution in [0, 0.1) is 0 Å². The first-order valence-corrected chi connectivity index (χ1v) is 5.21. The van der Waals surface area contributed by atoms with E-state index in [2.05, 4.69) is 0 Å². The van der Waals surface area contributed by atoms with Gasteiger partial charge in [-0.15, -0.1) is 0 Å². The molecule has 0 aliphatic rings. The summed E-state index contributed by atoms with van der Waals surface area (Å²) in [5.41, 5.74) is 0. The van der Waals surface area contributed by atoms with Crippen LogP contribution in [0.5, 0.6) is 23.0 Å². The van der Waals surface area contributed by atoms with Gasteiger partial charge in [0.25, 0.3) is 0 Å². The molecule has 0 radical (unpaired) electrons. The smallest absolute Gasteiger partial charge is 0.492 e. The zero-order valence-electron chi connectivity index (χ0n) is 10.3. The van der Waals surface area contributed by atoms with Gasteiger partial charge in [-0.05, 0) is 48.5 Å². The fraction of sp³-hybridized carbons (Fsp3) is 0. The van der Waals surface area contributed by atoms with Gasteiger partial charge in [0.1, 0.15) is 23.0 Å². The zero-order valence-corrected chi connectivity index (χ0v) is 10.3. The summed E-state index contributed by atoms with van der Waals surface area (Å²) in [5.74, 6) is 0.770. The average molecular weight is 263 g/mol. The average Bonchev–Trinajstić information content (AvgIpc) is 2.35. The molecule has 0 amide bonds. The Morgan fingerprint density at radius 2 is 1.05 bits per heavy atom. The minimum Gasteiger partial charge on any atom is -0.808 e. The maximum Gasteiger partial charge on any atom is 0.492 e. The van der Waals surface area contributed by atoms with E-state index in [-0.39, 0.29) is 17.6 Å². The largest absolute Gasteiger partial charge is 0.808 e. The van der Waals surface area contributed by atoms with Gasteiger partial charge in [0.2, 0.25) is 0 Å². The molecule has 0 heterocycles. The first kappa shape index (κ1) is 14.7. The van der Waals surface area contributed by atoms with E-state index in [1.54, 1.807) is 0 Å². The predicted octanol–water partition coefficient (Wildman–Crippen LogP) is 1.28. The van der Waals surface area contributed by atoms with Crippen molar-refractivity contribution in [1.82, 2.24) is 6.15 Å². The molecule has 0 atom stereocenters. The topological polar surface area (TPSA) is 118 Å². The molecule has 0 bridgehead atoms. The maximum atomic E-state index is 11.5. The second-order valence-corrected chi connectivity index (χ2v) is 3.51. The molecule has 6 N–H and O–H groups in total. The molecule has 2 rings (SSSR count). The van der Waals surface area contributed by atoms with Crippen LogP contribution in [0.15, 0.2) is 48.5 Å². The second-order valence-electron chi connectivity index (χ2n) is 3.51. The number of quaternary nitrogens is 1. The minimum absolute atomic E-state index is 0. The predicted molar refractivity (Wildman–Crippen MR) is 69.2 cm³/mol. The summed E-state index contributed by atoms with van der Waals surface area (Å²) in [5, 5.41) is 29.6. The molecular formula is C12H14BNO5. The fourth-order valence-electron chi connectivity index (χ4n) is 1.30. The van der Waals surface area contributed by atoms with E-state index in [9.17, 15) is 5.02 Å². The van der Waals surface area contributed by atoms with E-state index < -0.39 is 7.32 Å². The van der Waals surface area contributed by atoms with E-state index in [0.717, 1.165) is 0 Å². The molecule has 0 aliphatic heterocycles. The summed E-state index contributed by atoms with van der Waals surface area (Å²) >= 11 is 0. The van der Waals surface area contributed by atoms with Crippen molar-refractivity contribution in [3.05, 3.63) is 48.5 Å². The monoisotopic (exact) mass is 263 g/mol. The summed E-state index contributed by atoms with van der Waals surface area (Å²) in [6, 6.07) is 11.5. The van der Waals surface area contributed by atoms with Gasteiger partial charge in [0, 0.05) is 0 Å². The maximum absolute atomic E-state index is 11.5. The van der Waals surface area contributed by atoms with E-state index >= 15 is 0 Å². The number of phenolic OH excluding ortho intramolecular Hbond substituents is 2. The molecule has 7 heteroatoms. The lowest BCUT2D eigenvalue weighted by Gasteiger charge is -2.20. The Balaban J connectivity index is 0.00000180. The van der Waals surface area contributed by atoms with E-state index in [4.69, 9.17) is 19.5 Å². The number of hydrogen-bond donors (Lipinski definition) is 3. The van der Waals surface area contributed by atoms with Crippen LogP contribution in [0.25, 0.3) is 0 Å². The van der Waals surface area contributed by atoms with Gasteiger partial charge < -0.3 is 30.7 Å². The molecule has 2 aromatic rings. The van der Waals surface area contributed by atoms with E-state index in [1.165, 1.54) is 48.5 Å². The van der Waals surface area contributed by atoms with Gasteiger partial charge in [0.15, 0.2) is 0 Å². The van der Waals surface area contributed by atoms with Crippen LogP contribution in [0.1, 0.15) is 0 Å². The Bertz CT molecular complexity index is 455. The third-order valence-electron chi connectivity index (χ3n) is 2.14. The number of hydrogen-bond acceptors (Lipinski definition) is 5. The normalized spacial score (nSPS) is 9.32. The van der Waals surface area contributed by atoms with Crippen molar-refractivity contribution in [2.75, 3.05) is 0 Å². The van der Waals surface area contributed by atoms with Crippen LogP contribution in [-0.2, 0) is 0 Å². The molecule has 0 aliphatic carbocycles. The number of benzene rings is 2. The van der Waals surface area contributed by atoms with Crippen molar-refractivity contribution in [1.29, 1.82) is 0 Å². The van der Waals surface area contributed by atoms with Gasteiger partial charge in [-0.25, -0.2) is 0 Å². The van der Waals surface area contributed by atoms with Crippen LogP contribution < -0.4 is 20.5 Å². The number of rotatable bonds is 4. The molecule has 100 valence electrons. The number of aromatic hydroxyl groups is 2. The van der Waals surface area contributed by atoms with Gasteiger partial charge in [0.05, 0.1) is 0 Å². The molecule has 0 unspecified atom stereocenters. The lowest BCUT2D eigenvalue weighted by molar-refractivity contribution is -0.235. The first-order chi connectivity index (χ1) is 8.63. The highest BCUT2D eigenvalue weighted by Crippen LogP contribution is 2.18. The summed E-state index contributed by atoms with van der Waals surface area (Å²) in [7, 11) is -1.72. The van der Waals surface area contributed by atoms with Crippen molar-refractivity contribution in [2.24, 2.45) is 0 Å². The molecule has 6 nitrogen and oxygen atoms in total.